The van der Waals surface area contributed by atoms with Gasteiger partial charge in [-0.15, -0.1) is 11.8 Å². The van der Waals surface area contributed by atoms with Gasteiger partial charge in [-0.2, -0.15) is 0 Å². The number of benzene rings is 1. The minimum absolute atomic E-state index is 0.0477. The van der Waals surface area contributed by atoms with Crippen LogP contribution in [-0.4, -0.2) is 53.1 Å². The van der Waals surface area contributed by atoms with Crippen molar-refractivity contribution in [2.45, 2.75) is 24.6 Å². The molecule has 0 aliphatic rings. The summed E-state index contributed by atoms with van der Waals surface area (Å²) in [6.07, 6.45) is 2.94. The van der Waals surface area contributed by atoms with Crippen LogP contribution in [0.3, 0.4) is 0 Å². The first-order chi connectivity index (χ1) is 14.6. The molecule has 31 heavy (non-hydrogen) atoms. The van der Waals surface area contributed by atoms with Crippen LogP contribution in [0.5, 0.6) is 5.75 Å². The molecule has 1 heterocycles. The number of thioether (sulfide) groups is 1. The highest BCUT2D eigenvalue weighted by molar-refractivity contribution is 8.00. The molecule has 1 unspecified atom stereocenters. The van der Waals surface area contributed by atoms with Gasteiger partial charge in [0.1, 0.15) is 24.5 Å². The molecule has 0 radical (unpaired) electrons. The quantitative estimate of drug-likeness (QED) is 0.258. The van der Waals surface area contributed by atoms with E-state index in [4.69, 9.17) is 24.3 Å². The number of rotatable bonds is 9. The number of nitrogens with zero attached hydrogens (tertiary/aromatic N) is 2. The molecule has 1 aromatic carbocycles. The Balaban J connectivity index is 2.31. The van der Waals surface area contributed by atoms with E-state index in [1.165, 1.54) is 38.1 Å². The van der Waals surface area contributed by atoms with E-state index in [-0.39, 0.29) is 35.7 Å². The number of methoxy groups -OCH3 is 1. The van der Waals surface area contributed by atoms with E-state index in [1.807, 2.05) is 0 Å². The van der Waals surface area contributed by atoms with Gasteiger partial charge in [-0.3, -0.25) is 4.79 Å². The highest BCUT2D eigenvalue weighted by Gasteiger charge is 2.35. The van der Waals surface area contributed by atoms with Crippen molar-refractivity contribution < 1.29 is 33.1 Å². The highest BCUT2D eigenvalue weighted by atomic mass is 32.2. The molecule has 12 heteroatoms. The number of aryl methyl sites for hydroxylation is 1. The van der Waals surface area contributed by atoms with Gasteiger partial charge in [0.2, 0.25) is 5.90 Å². The lowest BCUT2D eigenvalue weighted by atomic mass is 10.0. The zero-order valence-electron chi connectivity index (χ0n) is 17.5. The van der Waals surface area contributed by atoms with Gasteiger partial charge < -0.3 is 28.8 Å². The molecule has 0 spiro atoms. The fourth-order valence-corrected chi connectivity index (χ4v) is 3.38. The van der Waals surface area contributed by atoms with E-state index in [9.17, 15) is 13.6 Å². The van der Waals surface area contributed by atoms with Crippen LogP contribution < -0.4 is 10.3 Å². The molecule has 0 fully saturated rings. The molecule has 0 aliphatic heterocycles. The van der Waals surface area contributed by atoms with Crippen LogP contribution in [0, 0.1) is 11.6 Å². The van der Waals surface area contributed by atoms with Gasteiger partial charge in [0.25, 0.3) is 5.56 Å². The van der Waals surface area contributed by atoms with Crippen molar-refractivity contribution in [3.63, 3.8) is 0 Å². The van der Waals surface area contributed by atoms with Gasteiger partial charge in [-0.05, 0) is 31.7 Å². The minimum Gasteiger partial charge on any atom is -0.498 e. The molecule has 2 rings (SSSR count). The molecule has 0 amide bonds. The Labute approximate surface area is 182 Å². The molecule has 2 N–H and O–H groups in total. The summed E-state index contributed by atoms with van der Waals surface area (Å²) in [5.41, 5.74) is -0.762. The molecule has 0 bridgehead atoms. The summed E-state index contributed by atoms with van der Waals surface area (Å²) < 4.78 is 39.1. The van der Waals surface area contributed by atoms with Crippen LogP contribution in [-0.2, 0) is 16.0 Å². The standard InChI is InChI=1S/C19H23BF2N2O6S/c1-19(31-4,18(23-29-3)30-20(26)27)7-8-24-11-16(22)14(10-17(24)25)13-6-5-12(28-2)9-15(13)21/h5-6,9-11,26-27H,7-8H2,1-4H3/b23-18-. The van der Waals surface area contributed by atoms with Crippen molar-refractivity contribution in [3.05, 3.63) is 52.5 Å². The second-order valence-corrected chi connectivity index (χ2v) is 7.93. The first-order valence-corrected chi connectivity index (χ1v) is 10.3. The zero-order valence-corrected chi connectivity index (χ0v) is 18.3. The summed E-state index contributed by atoms with van der Waals surface area (Å²) in [6, 6.07) is 4.94. The van der Waals surface area contributed by atoms with Crippen molar-refractivity contribution in [2.75, 3.05) is 20.5 Å². The fraction of sp³-hybridized carbons (Fsp3) is 0.368. The maximum atomic E-state index is 14.7. The Morgan fingerprint density at radius 2 is 1.94 bits per heavy atom. The first kappa shape index (κ1) is 24.7. The summed E-state index contributed by atoms with van der Waals surface area (Å²) in [5.74, 6) is -1.33. The third-order valence-electron chi connectivity index (χ3n) is 4.67. The average molecular weight is 456 g/mol. The topological polar surface area (TPSA) is 103 Å². The lowest BCUT2D eigenvalue weighted by molar-refractivity contribution is 0.192. The third kappa shape index (κ3) is 5.99. The number of oxime groups is 1. The number of pyridine rings is 1. The van der Waals surface area contributed by atoms with Crippen LogP contribution in [0.1, 0.15) is 13.3 Å². The molecule has 1 atom stereocenters. The van der Waals surface area contributed by atoms with Crippen molar-refractivity contribution in [1.82, 2.24) is 4.57 Å². The van der Waals surface area contributed by atoms with Gasteiger partial charge in [0.05, 0.1) is 11.9 Å². The Kier molecular flexibility index (Phi) is 8.48. The molecule has 168 valence electrons. The number of aromatic nitrogens is 1. The maximum absolute atomic E-state index is 14.7. The van der Waals surface area contributed by atoms with E-state index < -0.39 is 29.3 Å². The normalized spacial score (nSPS) is 13.5. The summed E-state index contributed by atoms with van der Waals surface area (Å²) in [5, 5.41) is 21.9. The van der Waals surface area contributed by atoms with E-state index in [1.54, 1.807) is 13.2 Å². The summed E-state index contributed by atoms with van der Waals surface area (Å²) >= 11 is 1.27. The lowest BCUT2D eigenvalue weighted by Gasteiger charge is -2.28. The number of halogens is 2. The summed E-state index contributed by atoms with van der Waals surface area (Å²) in [4.78, 5) is 17.2. The van der Waals surface area contributed by atoms with Crippen LogP contribution in [0.4, 0.5) is 8.78 Å². The Bertz CT molecular complexity index is 1000. The first-order valence-electron chi connectivity index (χ1n) is 9.08. The number of ether oxygens (including phenoxy) is 1. The molecule has 1 aromatic heterocycles. The molecule has 0 saturated carbocycles. The van der Waals surface area contributed by atoms with Crippen LogP contribution in [0.2, 0.25) is 0 Å². The SMILES string of the molecule is CO/N=C(\OB(O)O)C(C)(CCn1cc(F)c(-c2ccc(OC)cc2F)cc1=O)SC. The minimum atomic E-state index is -2.11. The molecule has 2 aromatic rings. The second kappa shape index (κ2) is 10.6. The van der Waals surface area contributed by atoms with Crippen LogP contribution in [0.25, 0.3) is 11.1 Å². The Hall–Kier alpha value is -2.57. The molecular formula is C19H23BF2N2O6S. The number of hydrogen-bond donors (Lipinski definition) is 2. The van der Waals surface area contributed by atoms with E-state index in [0.29, 0.717) is 0 Å². The molecule has 0 saturated heterocycles. The predicted octanol–water partition coefficient (Wildman–Crippen LogP) is 2.26. The lowest BCUT2D eigenvalue weighted by Crippen LogP contribution is -2.39. The molecule has 0 aliphatic carbocycles. The summed E-state index contributed by atoms with van der Waals surface area (Å²) in [6.45, 7) is 1.74. The Morgan fingerprint density at radius 3 is 2.48 bits per heavy atom. The van der Waals surface area contributed by atoms with Gasteiger partial charge in [0.15, 0.2) is 0 Å². The highest BCUT2D eigenvalue weighted by Crippen LogP contribution is 2.31. The van der Waals surface area contributed by atoms with Crippen molar-refractivity contribution in [3.8, 4) is 16.9 Å². The van der Waals surface area contributed by atoms with Crippen LogP contribution >= 0.6 is 11.8 Å². The van der Waals surface area contributed by atoms with Crippen molar-refractivity contribution >= 4 is 25.0 Å². The van der Waals surface area contributed by atoms with Gasteiger partial charge in [0, 0.05) is 36.0 Å². The number of hydrogen-bond acceptors (Lipinski definition) is 8. The van der Waals surface area contributed by atoms with Crippen molar-refractivity contribution in [2.24, 2.45) is 5.16 Å². The van der Waals surface area contributed by atoms with Gasteiger partial charge in [-0.25, -0.2) is 8.78 Å². The maximum Gasteiger partial charge on any atom is 0.708 e. The van der Waals surface area contributed by atoms with Gasteiger partial charge >= 0.3 is 7.32 Å². The zero-order chi connectivity index (χ0) is 23.2. The molecular weight excluding hydrogens is 433 g/mol. The third-order valence-corrected chi connectivity index (χ3v) is 5.95. The second-order valence-electron chi connectivity index (χ2n) is 6.62. The predicted molar refractivity (Wildman–Crippen MR) is 115 cm³/mol. The molecule has 8 nitrogen and oxygen atoms in total. The monoisotopic (exact) mass is 456 g/mol. The summed E-state index contributed by atoms with van der Waals surface area (Å²) in [7, 11) is 0.539. The van der Waals surface area contributed by atoms with E-state index in [2.05, 4.69) is 5.16 Å². The van der Waals surface area contributed by atoms with Crippen molar-refractivity contribution in [1.29, 1.82) is 0 Å². The fourth-order valence-electron chi connectivity index (χ4n) is 2.82. The Morgan fingerprint density at radius 1 is 1.23 bits per heavy atom. The smallest absolute Gasteiger partial charge is 0.498 e. The van der Waals surface area contributed by atoms with E-state index in [0.717, 1.165) is 22.9 Å². The largest absolute Gasteiger partial charge is 0.708 e. The van der Waals surface area contributed by atoms with Crippen LogP contribution in [0.15, 0.2) is 40.4 Å². The van der Waals surface area contributed by atoms with Gasteiger partial charge in [-0.1, -0.05) is 5.16 Å². The average Bonchev–Trinajstić information content (AvgIpc) is 2.73. The van der Waals surface area contributed by atoms with E-state index >= 15 is 0 Å².